The lowest BCUT2D eigenvalue weighted by molar-refractivity contribution is -0.178. The Morgan fingerprint density at radius 1 is 1.19 bits per heavy atom. The SMILES string of the molecule is CC(=O)O[C@H](OC(=O)OC1CCC1)C(C)C. The van der Waals surface area contributed by atoms with Crippen molar-refractivity contribution >= 4 is 12.1 Å². The molecule has 1 fully saturated rings. The summed E-state index contributed by atoms with van der Waals surface area (Å²) in [5.41, 5.74) is 0. The van der Waals surface area contributed by atoms with E-state index in [2.05, 4.69) is 0 Å². The van der Waals surface area contributed by atoms with Crippen molar-refractivity contribution in [3.63, 3.8) is 0 Å². The van der Waals surface area contributed by atoms with Crippen molar-refractivity contribution in [1.29, 1.82) is 0 Å². The highest BCUT2D eigenvalue weighted by Gasteiger charge is 2.26. The van der Waals surface area contributed by atoms with E-state index in [-0.39, 0.29) is 12.0 Å². The van der Waals surface area contributed by atoms with Crippen LogP contribution in [0.4, 0.5) is 4.79 Å². The first kappa shape index (κ1) is 12.8. The number of carbonyl (C=O) groups is 2. The summed E-state index contributed by atoms with van der Waals surface area (Å²) >= 11 is 0. The Labute approximate surface area is 95.0 Å². The third kappa shape index (κ3) is 4.08. The first-order valence-corrected chi connectivity index (χ1v) is 5.53. The minimum absolute atomic E-state index is 0.0300. The van der Waals surface area contributed by atoms with E-state index < -0.39 is 18.4 Å². The molecule has 0 spiro atoms. The normalized spacial score (nSPS) is 17.5. The maximum Gasteiger partial charge on any atom is 0.511 e. The number of esters is 1. The van der Waals surface area contributed by atoms with Gasteiger partial charge in [0.15, 0.2) is 0 Å². The maximum absolute atomic E-state index is 11.3. The molecule has 0 radical (unpaired) electrons. The number of rotatable bonds is 4. The predicted octanol–water partition coefficient (Wildman–Crippen LogP) is 2.24. The van der Waals surface area contributed by atoms with Gasteiger partial charge in [0.05, 0.1) is 0 Å². The summed E-state index contributed by atoms with van der Waals surface area (Å²) in [4.78, 5) is 22.1. The van der Waals surface area contributed by atoms with E-state index in [1.807, 2.05) is 0 Å². The summed E-state index contributed by atoms with van der Waals surface area (Å²) in [6, 6.07) is 0. The highest BCUT2D eigenvalue weighted by molar-refractivity contribution is 5.66. The molecule has 0 aromatic rings. The molecule has 92 valence electrons. The van der Waals surface area contributed by atoms with Gasteiger partial charge in [-0.3, -0.25) is 4.79 Å². The second kappa shape index (κ2) is 5.72. The molecule has 1 saturated carbocycles. The molecule has 1 aliphatic rings. The zero-order valence-electron chi connectivity index (χ0n) is 9.89. The minimum atomic E-state index is -0.870. The topological polar surface area (TPSA) is 61.8 Å². The van der Waals surface area contributed by atoms with Crippen LogP contribution in [0.1, 0.15) is 40.0 Å². The molecule has 0 aromatic heterocycles. The summed E-state index contributed by atoms with van der Waals surface area (Å²) in [6.07, 6.45) is 1.19. The van der Waals surface area contributed by atoms with Crippen LogP contribution in [0.3, 0.4) is 0 Å². The van der Waals surface area contributed by atoms with E-state index in [4.69, 9.17) is 14.2 Å². The summed E-state index contributed by atoms with van der Waals surface area (Å²) in [5.74, 6) is -0.576. The fourth-order valence-corrected chi connectivity index (χ4v) is 1.21. The van der Waals surface area contributed by atoms with Crippen molar-refractivity contribution < 1.29 is 23.8 Å². The lowest BCUT2D eigenvalue weighted by Gasteiger charge is -2.26. The second-order valence-electron chi connectivity index (χ2n) is 4.26. The van der Waals surface area contributed by atoms with Gasteiger partial charge in [-0.05, 0) is 19.3 Å². The quantitative estimate of drug-likeness (QED) is 0.547. The molecule has 1 rings (SSSR count). The van der Waals surface area contributed by atoms with Gasteiger partial charge >= 0.3 is 12.1 Å². The number of carbonyl (C=O) groups excluding carboxylic acids is 2. The van der Waals surface area contributed by atoms with Crippen molar-refractivity contribution in [1.82, 2.24) is 0 Å². The van der Waals surface area contributed by atoms with Crippen LogP contribution < -0.4 is 0 Å². The summed E-state index contributed by atoms with van der Waals surface area (Å²) in [6.45, 7) is 4.87. The molecular formula is C11H18O5. The van der Waals surface area contributed by atoms with Gasteiger partial charge < -0.3 is 14.2 Å². The Bertz CT molecular complexity index is 257. The zero-order chi connectivity index (χ0) is 12.1. The number of hydrogen-bond acceptors (Lipinski definition) is 5. The van der Waals surface area contributed by atoms with Crippen LogP contribution in [0.15, 0.2) is 0 Å². The Balaban J connectivity index is 2.34. The number of hydrogen-bond donors (Lipinski definition) is 0. The fourth-order valence-electron chi connectivity index (χ4n) is 1.21. The Hall–Kier alpha value is -1.26. The molecule has 0 aliphatic heterocycles. The van der Waals surface area contributed by atoms with Crippen molar-refractivity contribution in [2.45, 2.75) is 52.4 Å². The minimum Gasteiger partial charge on any atom is -0.431 e. The van der Waals surface area contributed by atoms with Gasteiger partial charge in [-0.1, -0.05) is 13.8 Å². The average molecular weight is 230 g/mol. The van der Waals surface area contributed by atoms with E-state index in [0.29, 0.717) is 0 Å². The summed E-state index contributed by atoms with van der Waals surface area (Å²) in [7, 11) is 0. The van der Waals surface area contributed by atoms with Gasteiger partial charge in [0, 0.05) is 12.8 Å². The average Bonchev–Trinajstić information content (AvgIpc) is 2.09. The Morgan fingerprint density at radius 2 is 1.81 bits per heavy atom. The van der Waals surface area contributed by atoms with Crippen LogP contribution in [0.2, 0.25) is 0 Å². The van der Waals surface area contributed by atoms with Gasteiger partial charge in [-0.2, -0.15) is 0 Å². The van der Waals surface area contributed by atoms with E-state index in [9.17, 15) is 9.59 Å². The third-order valence-corrected chi connectivity index (χ3v) is 2.35. The van der Waals surface area contributed by atoms with E-state index in [1.165, 1.54) is 6.92 Å². The highest BCUT2D eigenvalue weighted by Crippen LogP contribution is 2.23. The summed E-state index contributed by atoms with van der Waals surface area (Å²) in [5, 5.41) is 0. The molecule has 0 bridgehead atoms. The molecule has 5 heteroatoms. The van der Waals surface area contributed by atoms with Gasteiger partial charge in [0.25, 0.3) is 6.29 Å². The van der Waals surface area contributed by atoms with Gasteiger partial charge in [0.1, 0.15) is 6.10 Å². The van der Waals surface area contributed by atoms with Gasteiger partial charge in [-0.25, -0.2) is 4.79 Å². The molecule has 0 amide bonds. The van der Waals surface area contributed by atoms with E-state index in [0.717, 1.165) is 19.3 Å². The van der Waals surface area contributed by atoms with Gasteiger partial charge in [0.2, 0.25) is 0 Å². The van der Waals surface area contributed by atoms with Crippen LogP contribution in [-0.4, -0.2) is 24.5 Å². The molecule has 16 heavy (non-hydrogen) atoms. The predicted molar refractivity (Wildman–Crippen MR) is 55.6 cm³/mol. The smallest absolute Gasteiger partial charge is 0.431 e. The van der Waals surface area contributed by atoms with Crippen molar-refractivity contribution in [3.05, 3.63) is 0 Å². The Morgan fingerprint density at radius 3 is 2.19 bits per heavy atom. The van der Waals surface area contributed by atoms with Crippen molar-refractivity contribution in [2.75, 3.05) is 0 Å². The molecule has 0 saturated heterocycles. The molecule has 0 unspecified atom stereocenters. The van der Waals surface area contributed by atoms with E-state index in [1.54, 1.807) is 13.8 Å². The van der Waals surface area contributed by atoms with Gasteiger partial charge in [-0.15, -0.1) is 0 Å². The zero-order valence-corrected chi connectivity index (χ0v) is 9.89. The van der Waals surface area contributed by atoms with Crippen LogP contribution in [-0.2, 0) is 19.0 Å². The molecule has 5 nitrogen and oxygen atoms in total. The van der Waals surface area contributed by atoms with Crippen LogP contribution in [0, 0.1) is 5.92 Å². The lowest BCUT2D eigenvalue weighted by Crippen LogP contribution is -2.32. The monoisotopic (exact) mass is 230 g/mol. The first-order valence-electron chi connectivity index (χ1n) is 5.53. The van der Waals surface area contributed by atoms with Crippen molar-refractivity contribution in [2.24, 2.45) is 5.92 Å². The fraction of sp³-hybridized carbons (Fsp3) is 0.818. The standard InChI is InChI=1S/C11H18O5/c1-7(2)10(14-8(3)12)16-11(13)15-9-5-4-6-9/h7,9-10H,4-6H2,1-3H3/t10-/m1/s1. The van der Waals surface area contributed by atoms with E-state index >= 15 is 0 Å². The Kier molecular flexibility index (Phi) is 4.58. The highest BCUT2D eigenvalue weighted by atomic mass is 16.8. The molecule has 0 aromatic carbocycles. The molecule has 1 atom stereocenters. The summed E-state index contributed by atoms with van der Waals surface area (Å²) < 4.78 is 14.8. The molecule has 1 aliphatic carbocycles. The van der Waals surface area contributed by atoms with Crippen LogP contribution in [0.5, 0.6) is 0 Å². The van der Waals surface area contributed by atoms with Crippen molar-refractivity contribution in [3.8, 4) is 0 Å². The molecular weight excluding hydrogens is 212 g/mol. The first-order chi connectivity index (χ1) is 7.49. The van der Waals surface area contributed by atoms with Crippen LogP contribution >= 0.6 is 0 Å². The molecule has 0 heterocycles. The molecule has 0 N–H and O–H groups in total. The third-order valence-electron chi connectivity index (χ3n) is 2.35. The second-order valence-corrected chi connectivity index (χ2v) is 4.26. The lowest BCUT2D eigenvalue weighted by atomic mass is 9.96. The van der Waals surface area contributed by atoms with Crippen LogP contribution in [0.25, 0.3) is 0 Å². The maximum atomic E-state index is 11.3. The number of ether oxygens (including phenoxy) is 3. The largest absolute Gasteiger partial charge is 0.511 e.